The lowest BCUT2D eigenvalue weighted by Gasteiger charge is -2.31. The van der Waals surface area contributed by atoms with E-state index in [0.717, 1.165) is 5.69 Å². The molecule has 0 saturated heterocycles. The minimum atomic E-state index is -1.25. The van der Waals surface area contributed by atoms with Gasteiger partial charge in [0.2, 0.25) is 0 Å². The maximum Gasteiger partial charge on any atom is 0.329 e. The molecule has 0 radical (unpaired) electrons. The van der Waals surface area contributed by atoms with Gasteiger partial charge in [0.05, 0.1) is 5.69 Å². The molecule has 5 nitrogen and oxygen atoms in total. The molecule has 2 aromatic heterocycles. The fourth-order valence-electron chi connectivity index (χ4n) is 1.71. The molecule has 0 aliphatic heterocycles. The number of likely N-dealkylation sites (N-methyl/N-ethyl adjacent to an activating group) is 1. The first kappa shape index (κ1) is 14.3. The highest BCUT2D eigenvalue weighted by Crippen LogP contribution is 2.25. The van der Waals surface area contributed by atoms with Crippen LogP contribution in [0.5, 0.6) is 0 Å². The van der Waals surface area contributed by atoms with Crippen molar-refractivity contribution in [1.29, 1.82) is 0 Å². The number of carboxylic acids is 1. The smallest absolute Gasteiger partial charge is 0.329 e. The summed E-state index contributed by atoms with van der Waals surface area (Å²) >= 11 is 1.31. The summed E-state index contributed by atoms with van der Waals surface area (Å²) in [6.45, 7) is 3.02. The van der Waals surface area contributed by atoms with E-state index in [1.807, 2.05) is 40.5 Å². The molecule has 0 saturated carbocycles. The number of nitrogens with zero attached hydrogens (tertiary/aromatic N) is 2. The third-order valence-electron chi connectivity index (χ3n) is 3.39. The van der Waals surface area contributed by atoms with Crippen molar-refractivity contribution in [1.82, 2.24) is 9.47 Å². The summed E-state index contributed by atoms with van der Waals surface area (Å²) in [6.07, 6.45) is 3.70. The zero-order chi connectivity index (χ0) is 14.9. The number of aromatic nitrogens is 1. The maximum atomic E-state index is 12.5. The zero-order valence-corrected chi connectivity index (χ0v) is 12.3. The summed E-state index contributed by atoms with van der Waals surface area (Å²) in [6, 6.07) is 5.59. The summed E-state index contributed by atoms with van der Waals surface area (Å²) in [7, 11) is 1.51. The molecule has 0 unspecified atom stereocenters. The second-order valence-corrected chi connectivity index (χ2v) is 5.87. The van der Waals surface area contributed by atoms with Crippen LogP contribution in [0.25, 0.3) is 5.69 Å². The molecular formula is C14H16N2O3S. The minimum Gasteiger partial charge on any atom is -0.480 e. The van der Waals surface area contributed by atoms with Crippen molar-refractivity contribution in [2.24, 2.45) is 0 Å². The van der Waals surface area contributed by atoms with Gasteiger partial charge in [-0.05, 0) is 37.4 Å². The topological polar surface area (TPSA) is 62.5 Å². The Morgan fingerprint density at radius 1 is 1.30 bits per heavy atom. The standard InChI is InChI=1S/C14H16N2O3S/c1-14(2,13(18)19)15(3)12(17)11-10(6-9-20-11)16-7-4-5-8-16/h4-9H,1-3H3,(H,18,19). The van der Waals surface area contributed by atoms with Gasteiger partial charge in [0.15, 0.2) is 0 Å². The average Bonchev–Trinajstić information content (AvgIpc) is 3.06. The summed E-state index contributed by atoms with van der Waals surface area (Å²) in [5.41, 5.74) is -0.493. The van der Waals surface area contributed by atoms with E-state index in [0.29, 0.717) is 4.88 Å². The van der Waals surface area contributed by atoms with E-state index in [9.17, 15) is 14.7 Å². The van der Waals surface area contributed by atoms with Crippen LogP contribution in [0.1, 0.15) is 23.5 Å². The fourth-order valence-corrected chi connectivity index (χ4v) is 2.58. The van der Waals surface area contributed by atoms with E-state index in [2.05, 4.69) is 0 Å². The van der Waals surface area contributed by atoms with Gasteiger partial charge in [-0.15, -0.1) is 11.3 Å². The number of carbonyl (C=O) groups is 2. The molecule has 0 atom stereocenters. The largest absolute Gasteiger partial charge is 0.480 e. The van der Waals surface area contributed by atoms with Crippen molar-refractivity contribution in [3.63, 3.8) is 0 Å². The molecule has 0 aliphatic rings. The number of thiophene rings is 1. The molecule has 106 valence electrons. The van der Waals surface area contributed by atoms with Gasteiger partial charge in [-0.2, -0.15) is 0 Å². The van der Waals surface area contributed by atoms with Crippen molar-refractivity contribution >= 4 is 23.2 Å². The summed E-state index contributed by atoms with van der Waals surface area (Å²) in [5.74, 6) is -1.33. The van der Waals surface area contributed by atoms with Crippen LogP contribution < -0.4 is 0 Å². The number of aliphatic carboxylic acids is 1. The van der Waals surface area contributed by atoms with Gasteiger partial charge in [-0.3, -0.25) is 4.79 Å². The second kappa shape index (κ2) is 5.13. The number of carboxylic acid groups (broad SMARTS) is 1. The first-order valence-electron chi connectivity index (χ1n) is 6.08. The maximum absolute atomic E-state index is 12.5. The highest BCUT2D eigenvalue weighted by molar-refractivity contribution is 7.12. The van der Waals surface area contributed by atoms with Gasteiger partial charge in [0, 0.05) is 19.4 Å². The van der Waals surface area contributed by atoms with Crippen LogP contribution in [0.3, 0.4) is 0 Å². The van der Waals surface area contributed by atoms with Crippen LogP contribution in [-0.2, 0) is 4.79 Å². The molecule has 6 heteroatoms. The van der Waals surface area contributed by atoms with Crippen LogP contribution in [0, 0.1) is 0 Å². The highest BCUT2D eigenvalue weighted by Gasteiger charge is 2.36. The van der Waals surface area contributed by atoms with E-state index in [4.69, 9.17) is 0 Å². The number of rotatable bonds is 4. The number of hydrogen-bond acceptors (Lipinski definition) is 3. The van der Waals surface area contributed by atoms with E-state index in [1.165, 1.54) is 37.1 Å². The van der Waals surface area contributed by atoms with Gasteiger partial charge < -0.3 is 14.6 Å². The monoisotopic (exact) mass is 292 g/mol. The summed E-state index contributed by atoms with van der Waals surface area (Å²) in [4.78, 5) is 25.6. The second-order valence-electron chi connectivity index (χ2n) is 4.95. The Kier molecular flexibility index (Phi) is 3.67. The Hall–Kier alpha value is -2.08. The molecule has 0 spiro atoms. The van der Waals surface area contributed by atoms with Gasteiger partial charge in [0.1, 0.15) is 10.4 Å². The van der Waals surface area contributed by atoms with Crippen molar-refractivity contribution in [3.8, 4) is 5.69 Å². The van der Waals surface area contributed by atoms with Crippen LogP contribution in [0.15, 0.2) is 36.0 Å². The predicted octanol–water partition coefficient (Wildman–Crippen LogP) is 2.47. The molecule has 0 bridgehead atoms. The zero-order valence-electron chi connectivity index (χ0n) is 11.5. The SMILES string of the molecule is CN(C(=O)c1sccc1-n1cccc1)C(C)(C)C(=O)O. The van der Waals surface area contributed by atoms with Crippen LogP contribution in [0.4, 0.5) is 0 Å². The average molecular weight is 292 g/mol. The minimum absolute atomic E-state index is 0.295. The first-order chi connectivity index (χ1) is 9.35. The third-order valence-corrected chi connectivity index (χ3v) is 4.28. The molecule has 20 heavy (non-hydrogen) atoms. The number of carbonyl (C=O) groups excluding carboxylic acids is 1. The van der Waals surface area contributed by atoms with E-state index >= 15 is 0 Å². The van der Waals surface area contributed by atoms with Crippen molar-refractivity contribution in [2.75, 3.05) is 7.05 Å². The van der Waals surface area contributed by atoms with Gasteiger partial charge in [-0.25, -0.2) is 4.79 Å². The summed E-state index contributed by atoms with van der Waals surface area (Å²) < 4.78 is 1.84. The normalized spacial score (nSPS) is 11.3. The Labute approximate surface area is 121 Å². The van der Waals surface area contributed by atoms with E-state index in [1.54, 1.807) is 0 Å². The quantitative estimate of drug-likeness (QED) is 0.941. The molecule has 1 amide bonds. The van der Waals surface area contributed by atoms with Crippen LogP contribution in [0.2, 0.25) is 0 Å². The van der Waals surface area contributed by atoms with Crippen molar-refractivity contribution < 1.29 is 14.7 Å². The van der Waals surface area contributed by atoms with Crippen LogP contribution >= 0.6 is 11.3 Å². The first-order valence-corrected chi connectivity index (χ1v) is 6.96. The van der Waals surface area contributed by atoms with Gasteiger partial charge in [-0.1, -0.05) is 0 Å². The van der Waals surface area contributed by atoms with Gasteiger partial charge >= 0.3 is 5.97 Å². The van der Waals surface area contributed by atoms with E-state index < -0.39 is 11.5 Å². The Morgan fingerprint density at radius 2 is 1.90 bits per heavy atom. The third kappa shape index (κ3) is 2.34. The molecule has 0 fully saturated rings. The predicted molar refractivity (Wildman–Crippen MR) is 77.5 cm³/mol. The van der Waals surface area contributed by atoms with Gasteiger partial charge in [0.25, 0.3) is 5.91 Å². The fraction of sp³-hybridized carbons (Fsp3) is 0.286. The summed E-state index contributed by atoms with van der Waals surface area (Å²) in [5, 5.41) is 11.0. The lowest BCUT2D eigenvalue weighted by Crippen LogP contribution is -2.50. The number of amides is 1. The molecule has 0 aromatic carbocycles. The number of hydrogen-bond donors (Lipinski definition) is 1. The molecule has 2 heterocycles. The molecule has 2 rings (SSSR count). The molecule has 2 aromatic rings. The Bertz CT molecular complexity index is 629. The molecule has 0 aliphatic carbocycles. The van der Waals surface area contributed by atoms with E-state index in [-0.39, 0.29) is 5.91 Å². The lowest BCUT2D eigenvalue weighted by atomic mass is 10.0. The Morgan fingerprint density at radius 3 is 2.45 bits per heavy atom. The lowest BCUT2D eigenvalue weighted by molar-refractivity contribution is -0.147. The van der Waals surface area contributed by atoms with Crippen molar-refractivity contribution in [3.05, 3.63) is 40.8 Å². The molecule has 1 N–H and O–H groups in total. The van der Waals surface area contributed by atoms with Crippen LogP contribution in [-0.4, -0.2) is 39.0 Å². The Balaban J connectivity index is 2.36. The molecular weight excluding hydrogens is 276 g/mol. The van der Waals surface area contributed by atoms with Crippen molar-refractivity contribution in [2.45, 2.75) is 19.4 Å². The highest BCUT2D eigenvalue weighted by atomic mass is 32.1.